The summed E-state index contributed by atoms with van der Waals surface area (Å²) < 4.78 is 3.04. The van der Waals surface area contributed by atoms with Crippen LogP contribution in [0.2, 0.25) is 0 Å². The molecule has 2 amide bonds. The molecule has 5 rings (SSSR count). The lowest BCUT2D eigenvalue weighted by Gasteiger charge is -2.06. The predicted molar refractivity (Wildman–Crippen MR) is 122 cm³/mol. The second kappa shape index (κ2) is 7.73. The smallest absolute Gasteiger partial charge is 0.259 e. The van der Waals surface area contributed by atoms with Gasteiger partial charge in [-0.15, -0.1) is 0 Å². The number of aromatic nitrogens is 4. The summed E-state index contributed by atoms with van der Waals surface area (Å²) in [4.78, 5) is 38.4. The van der Waals surface area contributed by atoms with E-state index in [1.54, 1.807) is 12.1 Å². The summed E-state index contributed by atoms with van der Waals surface area (Å²) in [6.07, 6.45) is 4.30. The van der Waals surface area contributed by atoms with E-state index in [-0.39, 0.29) is 11.8 Å². The van der Waals surface area contributed by atoms with Gasteiger partial charge in [0.15, 0.2) is 10.8 Å². The molecule has 0 saturated carbocycles. The Morgan fingerprint density at radius 3 is 2.77 bits per heavy atom. The molecule has 3 aromatic heterocycles. The van der Waals surface area contributed by atoms with Gasteiger partial charge in [-0.1, -0.05) is 17.8 Å². The summed E-state index contributed by atoms with van der Waals surface area (Å²) >= 11 is 1.37. The second-order valence-corrected chi connectivity index (χ2v) is 8.84. The highest BCUT2D eigenvalue weighted by atomic mass is 32.1. The third-order valence-electron chi connectivity index (χ3n) is 5.37. The number of carbonyl (C=O) groups is 2. The molecular weight excluding hydrogens is 412 g/mol. The van der Waals surface area contributed by atoms with Crippen molar-refractivity contribution in [1.82, 2.24) is 19.5 Å². The van der Waals surface area contributed by atoms with E-state index in [1.165, 1.54) is 24.7 Å². The van der Waals surface area contributed by atoms with E-state index in [9.17, 15) is 9.59 Å². The number of pyridine rings is 1. The van der Waals surface area contributed by atoms with E-state index in [4.69, 9.17) is 4.98 Å². The standard InChI is InChI=1S/C22H22N6O2S/c1-12-10-15(19-20(23-12)28-9-5-3-4-6-18(28)26-19)21(30)27-22-25-16-8-7-14(24-13(2)29)11-17(16)31-22/h7-8,10-11H,3-6,9H2,1-2H3,(H,24,29)(H,25,27,30). The van der Waals surface area contributed by atoms with Crippen LogP contribution in [-0.2, 0) is 17.8 Å². The van der Waals surface area contributed by atoms with Gasteiger partial charge < -0.3 is 9.88 Å². The number of nitrogens with one attached hydrogen (secondary N) is 2. The number of nitrogens with zero attached hydrogens (tertiary/aromatic N) is 4. The van der Waals surface area contributed by atoms with Crippen LogP contribution in [0.3, 0.4) is 0 Å². The van der Waals surface area contributed by atoms with Gasteiger partial charge in [0, 0.05) is 31.3 Å². The molecule has 0 unspecified atom stereocenters. The number of carbonyl (C=O) groups excluding carboxylic acids is 2. The van der Waals surface area contributed by atoms with Gasteiger partial charge in [-0.05, 0) is 44.0 Å². The minimum Gasteiger partial charge on any atom is -0.326 e. The lowest BCUT2D eigenvalue weighted by Crippen LogP contribution is -2.13. The van der Waals surface area contributed by atoms with Crippen molar-refractivity contribution < 1.29 is 9.59 Å². The Labute approximate surface area is 182 Å². The fourth-order valence-electron chi connectivity index (χ4n) is 4.01. The van der Waals surface area contributed by atoms with Crippen molar-refractivity contribution >= 4 is 55.4 Å². The first-order valence-electron chi connectivity index (χ1n) is 10.3. The molecule has 31 heavy (non-hydrogen) atoms. The van der Waals surface area contributed by atoms with Crippen molar-refractivity contribution in [1.29, 1.82) is 0 Å². The summed E-state index contributed by atoms with van der Waals surface area (Å²) in [6, 6.07) is 7.26. The van der Waals surface area contributed by atoms with Crippen LogP contribution < -0.4 is 10.6 Å². The number of hydrogen-bond acceptors (Lipinski definition) is 6. The first kappa shape index (κ1) is 19.6. The van der Waals surface area contributed by atoms with E-state index in [0.717, 1.165) is 53.2 Å². The number of thiazole rings is 1. The van der Waals surface area contributed by atoms with Crippen LogP contribution in [0.5, 0.6) is 0 Å². The highest BCUT2D eigenvalue weighted by Gasteiger charge is 2.21. The number of benzene rings is 1. The third-order valence-corrected chi connectivity index (χ3v) is 6.30. The van der Waals surface area contributed by atoms with Crippen LogP contribution in [-0.4, -0.2) is 31.3 Å². The van der Waals surface area contributed by atoms with Crippen molar-refractivity contribution in [3.63, 3.8) is 0 Å². The summed E-state index contributed by atoms with van der Waals surface area (Å²) in [5.41, 5.74) is 4.20. The highest BCUT2D eigenvalue weighted by Crippen LogP contribution is 2.30. The van der Waals surface area contributed by atoms with Gasteiger partial charge in [-0.25, -0.2) is 15.0 Å². The van der Waals surface area contributed by atoms with Gasteiger partial charge in [0.05, 0.1) is 15.8 Å². The van der Waals surface area contributed by atoms with E-state index >= 15 is 0 Å². The lowest BCUT2D eigenvalue weighted by atomic mass is 10.2. The van der Waals surface area contributed by atoms with Crippen molar-refractivity contribution in [2.24, 2.45) is 0 Å². The molecule has 0 fully saturated rings. The number of rotatable bonds is 3. The predicted octanol–water partition coefficient (Wildman–Crippen LogP) is 4.29. The molecule has 0 atom stereocenters. The fraction of sp³-hybridized carbons (Fsp3) is 0.318. The SMILES string of the molecule is CC(=O)Nc1ccc2nc(NC(=O)c3cc(C)nc4c3nc3n4CCCCC3)sc2c1. The van der Waals surface area contributed by atoms with Crippen LogP contribution >= 0.6 is 11.3 Å². The molecule has 2 N–H and O–H groups in total. The Hall–Kier alpha value is -3.33. The lowest BCUT2D eigenvalue weighted by molar-refractivity contribution is -0.114. The minimum atomic E-state index is -0.245. The highest BCUT2D eigenvalue weighted by molar-refractivity contribution is 7.22. The van der Waals surface area contributed by atoms with Crippen molar-refractivity contribution in [2.45, 2.75) is 46.1 Å². The van der Waals surface area contributed by atoms with Crippen molar-refractivity contribution in [3.05, 3.63) is 41.3 Å². The maximum atomic E-state index is 13.2. The van der Waals surface area contributed by atoms with Gasteiger partial charge in [0.2, 0.25) is 5.91 Å². The van der Waals surface area contributed by atoms with Crippen LogP contribution in [0.4, 0.5) is 10.8 Å². The molecule has 0 bridgehead atoms. The minimum absolute atomic E-state index is 0.132. The topological polar surface area (TPSA) is 102 Å². The van der Waals surface area contributed by atoms with Gasteiger partial charge in [-0.3, -0.25) is 14.9 Å². The molecule has 9 heteroatoms. The zero-order valence-electron chi connectivity index (χ0n) is 17.4. The van der Waals surface area contributed by atoms with Gasteiger partial charge in [0.25, 0.3) is 5.91 Å². The summed E-state index contributed by atoms with van der Waals surface area (Å²) in [6.45, 7) is 4.25. The second-order valence-electron chi connectivity index (χ2n) is 7.81. The van der Waals surface area contributed by atoms with Crippen LogP contribution in [0.15, 0.2) is 24.3 Å². The van der Waals surface area contributed by atoms with E-state index in [0.29, 0.717) is 21.9 Å². The number of aryl methyl sites for hydroxylation is 3. The molecular formula is C22H22N6O2S. The fourth-order valence-corrected chi connectivity index (χ4v) is 4.91. The van der Waals surface area contributed by atoms with Gasteiger partial charge >= 0.3 is 0 Å². The van der Waals surface area contributed by atoms with Crippen LogP contribution in [0.1, 0.15) is 48.1 Å². The zero-order chi connectivity index (χ0) is 21.5. The Kier molecular flexibility index (Phi) is 4.90. The van der Waals surface area contributed by atoms with Crippen LogP contribution in [0, 0.1) is 6.92 Å². The average molecular weight is 435 g/mol. The normalized spacial score (nSPS) is 13.7. The van der Waals surface area contributed by atoms with Crippen LogP contribution in [0.25, 0.3) is 21.4 Å². The molecule has 1 aromatic carbocycles. The van der Waals surface area contributed by atoms with E-state index in [2.05, 4.69) is 25.2 Å². The summed E-state index contributed by atoms with van der Waals surface area (Å²) in [7, 11) is 0. The molecule has 0 aliphatic carbocycles. The number of amides is 2. The maximum absolute atomic E-state index is 13.2. The van der Waals surface area contributed by atoms with Gasteiger partial charge in [-0.2, -0.15) is 0 Å². The molecule has 1 aliphatic rings. The average Bonchev–Trinajstić information content (AvgIpc) is 3.18. The van der Waals surface area contributed by atoms with Crippen molar-refractivity contribution in [2.75, 3.05) is 10.6 Å². The zero-order valence-corrected chi connectivity index (χ0v) is 18.2. The van der Waals surface area contributed by atoms with Gasteiger partial charge in [0.1, 0.15) is 11.3 Å². The maximum Gasteiger partial charge on any atom is 0.259 e. The quantitative estimate of drug-likeness (QED) is 0.501. The first-order valence-corrected chi connectivity index (χ1v) is 11.2. The molecule has 4 heterocycles. The number of fused-ring (bicyclic) bond motifs is 4. The number of anilines is 2. The molecule has 8 nitrogen and oxygen atoms in total. The number of imidazole rings is 1. The first-order chi connectivity index (χ1) is 15.0. The Morgan fingerprint density at radius 1 is 1.06 bits per heavy atom. The largest absolute Gasteiger partial charge is 0.326 e. The number of hydrogen-bond donors (Lipinski definition) is 2. The molecule has 0 saturated heterocycles. The summed E-state index contributed by atoms with van der Waals surface area (Å²) in [5, 5.41) is 6.19. The Bertz CT molecular complexity index is 1340. The van der Waals surface area contributed by atoms with E-state index in [1.807, 2.05) is 19.1 Å². The molecule has 0 spiro atoms. The monoisotopic (exact) mass is 434 g/mol. The Morgan fingerprint density at radius 2 is 1.94 bits per heavy atom. The van der Waals surface area contributed by atoms with E-state index < -0.39 is 0 Å². The third kappa shape index (κ3) is 3.76. The summed E-state index contributed by atoms with van der Waals surface area (Å²) in [5.74, 6) is 0.628. The molecule has 158 valence electrons. The van der Waals surface area contributed by atoms with Crippen molar-refractivity contribution in [3.8, 4) is 0 Å². The Balaban J connectivity index is 1.48. The molecule has 4 aromatic rings. The molecule has 1 aliphatic heterocycles. The molecule has 0 radical (unpaired) electrons.